The van der Waals surface area contributed by atoms with Crippen LogP contribution in [-0.4, -0.2) is 23.5 Å². The van der Waals surface area contributed by atoms with Gasteiger partial charge in [-0.2, -0.15) is 0 Å². The van der Waals surface area contributed by atoms with Crippen LogP contribution in [0, 0.1) is 5.92 Å². The number of primary amides is 1. The molecule has 1 amide bonds. The van der Waals surface area contributed by atoms with E-state index >= 15 is 0 Å². The van der Waals surface area contributed by atoms with Gasteiger partial charge < -0.3 is 5.73 Å². The van der Waals surface area contributed by atoms with E-state index in [-0.39, 0.29) is 5.92 Å². The molecule has 2 unspecified atom stereocenters. The quantitative estimate of drug-likeness (QED) is 0.719. The first kappa shape index (κ1) is 14.4. The molecule has 1 rings (SSSR count). The van der Waals surface area contributed by atoms with Gasteiger partial charge in [0.25, 0.3) is 5.91 Å². The molecule has 0 aliphatic carbocycles. The van der Waals surface area contributed by atoms with Crippen molar-refractivity contribution in [3.63, 3.8) is 0 Å². The summed E-state index contributed by atoms with van der Waals surface area (Å²) >= 11 is 0. The van der Waals surface area contributed by atoms with Gasteiger partial charge in [-0.25, -0.2) is 9.98 Å². The molecule has 0 aromatic carbocycles. The maximum Gasteiger partial charge on any atom is 0.251 e. The van der Waals surface area contributed by atoms with E-state index in [4.69, 9.17) is 5.73 Å². The monoisotopic (exact) mass is 247 g/mol. The van der Waals surface area contributed by atoms with E-state index < -0.39 is 11.4 Å². The Morgan fingerprint density at radius 3 is 2.72 bits per heavy atom. The fraction of sp³-hybridized carbons (Fsp3) is 0.500. The van der Waals surface area contributed by atoms with Crippen LogP contribution >= 0.6 is 0 Å². The van der Waals surface area contributed by atoms with Crippen molar-refractivity contribution >= 4 is 18.0 Å². The number of aliphatic imine (C=N–C) groups is 2. The summed E-state index contributed by atoms with van der Waals surface area (Å²) in [6, 6.07) is 0. The van der Waals surface area contributed by atoms with Gasteiger partial charge >= 0.3 is 0 Å². The normalized spacial score (nSPS) is 24.9. The van der Waals surface area contributed by atoms with Crippen molar-refractivity contribution in [2.24, 2.45) is 21.6 Å². The lowest BCUT2D eigenvalue weighted by molar-refractivity contribution is -0.121. The fourth-order valence-corrected chi connectivity index (χ4v) is 1.77. The van der Waals surface area contributed by atoms with Crippen LogP contribution in [0.4, 0.5) is 0 Å². The predicted octanol–water partition coefficient (Wildman–Crippen LogP) is 2.26. The summed E-state index contributed by atoms with van der Waals surface area (Å²) in [5.74, 6) is 0.119. The van der Waals surface area contributed by atoms with E-state index in [0.29, 0.717) is 12.3 Å². The van der Waals surface area contributed by atoms with Crippen LogP contribution in [0.5, 0.6) is 0 Å². The van der Waals surface area contributed by atoms with Gasteiger partial charge in [0.15, 0.2) is 5.54 Å². The zero-order chi connectivity index (χ0) is 13.6. The summed E-state index contributed by atoms with van der Waals surface area (Å²) in [4.78, 5) is 20.2. The van der Waals surface area contributed by atoms with Crippen LogP contribution in [0.2, 0.25) is 0 Å². The molecule has 0 aromatic rings. The lowest BCUT2D eigenvalue weighted by Gasteiger charge is -2.23. The van der Waals surface area contributed by atoms with Crippen molar-refractivity contribution in [2.45, 2.75) is 39.2 Å². The molecule has 18 heavy (non-hydrogen) atoms. The molecule has 0 bridgehead atoms. The van der Waals surface area contributed by atoms with Crippen molar-refractivity contribution < 1.29 is 4.79 Å². The number of carbonyl (C=O) groups is 1. The van der Waals surface area contributed by atoms with Crippen molar-refractivity contribution in [3.8, 4) is 0 Å². The number of nitrogens with zero attached hydrogens (tertiary/aromatic N) is 2. The zero-order valence-corrected chi connectivity index (χ0v) is 11.3. The molecule has 1 heterocycles. The van der Waals surface area contributed by atoms with Crippen molar-refractivity contribution in [2.75, 3.05) is 0 Å². The van der Waals surface area contributed by atoms with E-state index in [1.165, 1.54) is 0 Å². The summed E-state index contributed by atoms with van der Waals surface area (Å²) in [7, 11) is 0. The van der Waals surface area contributed by atoms with Crippen LogP contribution in [0.15, 0.2) is 34.3 Å². The predicted molar refractivity (Wildman–Crippen MR) is 75.9 cm³/mol. The molecule has 2 N–H and O–H groups in total. The first-order valence-corrected chi connectivity index (χ1v) is 6.34. The van der Waals surface area contributed by atoms with Crippen LogP contribution in [0.25, 0.3) is 0 Å². The van der Waals surface area contributed by atoms with Crippen LogP contribution in [-0.2, 0) is 4.79 Å². The first-order chi connectivity index (χ1) is 8.56. The number of carbonyl (C=O) groups excluding carboxylic acids is 1. The minimum atomic E-state index is -1.01. The largest absolute Gasteiger partial charge is 0.367 e. The second-order valence-corrected chi connectivity index (χ2v) is 4.34. The maximum absolute atomic E-state index is 11.7. The van der Waals surface area contributed by atoms with E-state index in [1.54, 1.807) is 6.21 Å². The summed E-state index contributed by atoms with van der Waals surface area (Å²) in [5, 5.41) is 0. The minimum absolute atomic E-state index is 0.107. The van der Waals surface area contributed by atoms with E-state index in [9.17, 15) is 4.79 Å². The Bertz CT molecular complexity index is 421. The Balaban J connectivity index is 2.91. The van der Waals surface area contributed by atoms with Gasteiger partial charge in [-0.05, 0) is 6.42 Å². The van der Waals surface area contributed by atoms with Crippen LogP contribution < -0.4 is 5.73 Å². The van der Waals surface area contributed by atoms with Gasteiger partial charge in [0.2, 0.25) is 0 Å². The van der Waals surface area contributed by atoms with Crippen LogP contribution in [0.1, 0.15) is 33.6 Å². The van der Waals surface area contributed by atoms with Gasteiger partial charge in [0.1, 0.15) is 5.84 Å². The third-order valence-corrected chi connectivity index (χ3v) is 3.01. The molecule has 0 radical (unpaired) electrons. The zero-order valence-electron chi connectivity index (χ0n) is 11.3. The number of amidine groups is 1. The number of hydrogen-bond acceptors (Lipinski definition) is 3. The van der Waals surface area contributed by atoms with Gasteiger partial charge in [0.05, 0.1) is 0 Å². The Kier molecular flexibility index (Phi) is 5.01. The molecule has 0 saturated carbocycles. The summed E-state index contributed by atoms with van der Waals surface area (Å²) in [6.07, 6.45) is 11.1. The molecule has 0 fully saturated rings. The topological polar surface area (TPSA) is 67.8 Å². The van der Waals surface area contributed by atoms with E-state index in [1.807, 2.05) is 38.2 Å². The molecule has 1 aliphatic heterocycles. The molecule has 4 nitrogen and oxygen atoms in total. The number of allylic oxidation sites excluding steroid dienone is 3. The van der Waals surface area contributed by atoms with Gasteiger partial charge in [-0.15, -0.1) is 0 Å². The second kappa shape index (κ2) is 6.28. The fourth-order valence-electron chi connectivity index (χ4n) is 1.77. The Labute approximate surface area is 108 Å². The molecule has 4 heteroatoms. The smallest absolute Gasteiger partial charge is 0.251 e. The number of hydrogen-bond donors (Lipinski definition) is 1. The molecule has 98 valence electrons. The third-order valence-electron chi connectivity index (χ3n) is 3.01. The van der Waals surface area contributed by atoms with Crippen molar-refractivity contribution in [1.29, 1.82) is 0 Å². The molecular formula is C14H21N3O. The average molecular weight is 247 g/mol. The maximum atomic E-state index is 11.7. The second-order valence-electron chi connectivity index (χ2n) is 4.34. The van der Waals surface area contributed by atoms with E-state index in [0.717, 1.165) is 6.42 Å². The Morgan fingerprint density at radius 2 is 2.22 bits per heavy atom. The highest BCUT2D eigenvalue weighted by Gasteiger charge is 2.42. The summed E-state index contributed by atoms with van der Waals surface area (Å²) in [6.45, 7) is 5.95. The highest BCUT2D eigenvalue weighted by Crippen LogP contribution is 2.26. The van der Waals surface area contributed by atoms with Gasteiger partial charge in [-0.1, -0.05) is 45.1 Å². The molecule has 0 spiro atoms. The highest BCUT2D eigenvalue weighted by molar-refractivity contribution is 6.12. The lowest BCUT2D eigenvalue weighted by atomic mass is 9.86. The first-order valence-electron chi connectivity index (χ1n) is 6.34. The molecular weight excluding hydrogens is 226 g/mol. The lowest BCUT2D eigenvalue weighted by Crippen LogP contribution is -2.47. The molecule has 2 atom stereocenters. The average Bonchev–Trinajstić information content (AvgIpc) is 2.80. The molecule has 0 saturated heterocycles. The van der Waals surface area contributed by atoms with Crippen molar-refractivity contribution in [3.05, 3.63) is 24.3 Å². The summed E-state index contributed by atoms with van der Waals surface area (Å²) < 4.78 is 0. The van der Waals surface area contributed by atoms with Gasteiger partial charge in [-0.3, -0.25) is 4.79 Å². The van der Waals surface area contributed by atoms with Crippen molar-refractivity contribution in [1.82, 2.24) is 0 Å². The standard InChI is InChI=1S/C14H21N3O/c1-4-6-7-8-9-11(3)14(13(15)18)10-16-12(5-2)17-14/h6-11H,4-5H2,1-3H3,(H2,15,18)/b7-6+,9-8+. The Morgan fingerprint density at radius 1 is 1.50 bits per heavy atom. The molecule has 0 aromatic heterocycles. The Hall–Kier alpha value is -1.71. The highest BCUT2D eigenvalue weighted by atomic mass is 16.1. The minimum Gasteiger partial charge on any atom is -0.367 e. The number of amides is 1. The van der Waals surface area contributed by atoms with Gasteiger partial charge in [0, 0.05) is 18.6 Å². The third kappa shape index (κ3) is 2.94. The van der Waals surface area contributed by atoms with E-state index in [2.05, 4.69) is 16.9 Å². The summed E-state index contributed by atoms with van der Waals surface area (Å²) in [5.41, 5.74) is 4.48. The molecule has 1 aliphatic rings. The SMILES string of the molecule is CC/C=C/C=C/C(C)C1(C(N)=O)C=NC(CC)=N1. The number of rotatable bonds is 6. The van der Waals surface area contributed by atoms with Crippen LogP contribution in [0.3, 0.4) is 0 Å². The number of nitrogens with two attached hydrogens (primary N) is 1.